The Hall–Kier alpha value is -1.60. The summed E-state index contributed by atoms with van der Waals surface area (Å²) in [5.74, 6) is -0.239. The van der Waals surface area contributed by atoms with Gasteiger partial charge >= 0.3 is 0 Å². The number of hydrogen-bond donors (Lipinski definition) is 2. The molecule has 0 heterocycles. The van der Waals surface area contributed by atoms with Gasteiger partial charge in [0.2, 0.25) is 0 Å². The zero-order valence-electron chi connectivity index (χ0n) is 10.8. The van der Waals surface area contributed by atoms with Gasteiger partial charge in [0.1, 0.15) is 11.5 Å². The third-order valence-electron chi connectivity index (χ3n) is 2.38. The van der Waals surface area contributed by atoms with Crippen LogP contribution in [0.4, 0.5) is 10.1 Å². The zero-order chi connectivity index (χ0) is 14.4. The average molecular weight is 329 g/mol. The number of benzene rings is 1. The van der Waals surface area contributed by atoms with Crippen LogP contribution in [0.3, 0.4) is 0 Å². The standard InChI is InChI=1S/C12H14BrFN4O/c1-7(15-2)11(16-3)12(18-19)17-8-4-5-10(14)9(13)6-8/h4-6,19H,1-3H3,(H,17,18). The maximum atomic E-state index is 13.1. The van der Waals surface area contributed by atoms with E-state index in [1.807, 2.05) is 5.48 Å². The molecular weight excluding hydrogens is 315 g/mol. The van der Waals surface area contributed by atoms with Crippen molar-refractivity contribution in [2.75, 3.05) is 14.1 Å². The highest BCUT2D eigenvalue weighted by atomic mass is 79.9. The van der Waals surface area contributed by atoms with Gasteiger partial charge in [0.05, 0.1) is 15.9 Å². The van der Waals surface area contributed by atoms with Gasteiger partial charge in [0.15, 0.2) is 5.84 Å². The summed E-state index contributed by atoms with van der Waals surface area (Å²) in [6.45, 7) is 1.75. The fraction of sp³-hybridized carbons (Fsp3) is 0.250. The van der Waals surface area contributed by atoms with Crippen LogP contribution in [-0.2, 0) is 0 Å². The van der Waals surface area contributed by atoms with E-state index in [0.717, 1.165) is 0 Å². The summed E-state index contributed by atoms with van der Waals surface area (Å²) in [5.41, 5.74) is 3.48. The lowest BCUT2D eigenvalue weighted by atomic mass is 10.2. The molecule has 0 saturated heterocycles. The van der Waals surface area contributed by atoms with Crippen LogP contribution in [0.2, 0.25) is 0 Å². The van der Waals surface area contributed by atoms with E-state index >= 15 is 0 Å². The minimum Gasteiger partial charge on any atom is -0.291 e. The maximum absolute atomic E-state index is 13.1. The van der Waals surface area contributed by atoms with Gasteiger partial charge in [-0.05, 0) is 41.1 Å². The first-order valence-corrected chi connectivity index (χ1v) is 6.17. The quantitative estimate of drug-likeness (QED) is 0.509. The number of aliphatic imine (C=N–C) groups is 3. The Morgan fingerprint density at radius 2 is 2.00 bits per heavy atom. The Kier molecular flexibility index (Phi) is 5.78. The van der Waals surface area contributed by atoms with Crippen molar-refractivity contribution in [3.63, 3.8) is 0 Å². The molecule has 0 aromatic heterocycles. The summed E-state index contributed by atoms with van der Waals surface area (Å²) in [7, 11) is 3.18. The van der Waals surface area contributed by atoms with Gasteiger partial charge in [0, 0.05) is 14.1 Å². The second-order valence-electron chi connectivity index (χ2n) is 3.55. The van der Waals surface area contributed by atoms with E-state index < -0.39 is 0 Å². The molecule has 2 N–H and O–H groups in total. The number of nitrogens with one attached hydrogen (secondary N) is 1. The Balaban J connectivity index is 3.21. The molecule has 102 valence electrons. The van der Waals surface area contributed by atoms with Crippen molar-refractivity contribution in [1.29, 1.82) is 0 Å². The van der Waals surface area contributed by atoms with Gasteiger partial charge in [-0.2, -0.15) is 0 Å². The molecule has 0 amide bonds. The van der Waals surface area contributed by atoms with Crippen LogP contribution in [0.15, 0.2) is 37.6 Å². The Morgan fingerprint density at radius 1 is 1.32 bits per heavy atom. The zero-order valence-corrected chi connectivity index (χ0v) is 12.4. The number of amidine groups is 1. The molecule has 0 bridgehead atoms. The van der Waals surface area contributed by atoms with E-state index in [0.29, 0.717) is 21.6 Å². The van der Waals surface area contributed by atoms with Gasteiger partial charge in [-0.15, -0.1) is 0 Å². The van der Waals surface area contributed by atoms with Crippen molar-refractivity contribution in [1.82, 2.24) is 5.48 Å². The molecule has 0 spiro atoms. The molecule has 7 heteroatoms. The minimum atomic E-state index is -0.381. The first-order chi connectivity index (χ1) is 9.03. The largest absolute Gasteiger partial charge is 0.291 e. The highest BCUT2D eigenvalue weighted by Crippen LogP contribution is 2.22. The van der Waals surface area contributed by atoms with Crippen LogP contribution in [0.1, 0.15) is 6.92 Å². The topological polar surface area (TPSA) is 69.3 Å². The summed E-state index contributed by atoms with van der Waals surface area (Å²) in [6.07, 6.45) is 0. The van der Waals surface area contributed by atoms with Gasteiger partial charge in [-0.25, -0.2) is 9.38 Å². The highest BCUT2D eigenvalue weighted by molar-refractivity contribution is 9.10. The van der Waals surface area contributed by atoms with Crippen molar-refractivity contribution < 1.29 is 9.60 Å². The van der Waals surface area contributed by atoms with Gasteiger partial charge in [0.25, 0.3) is 0 Å². The second kappa shape index (κ2) is 7.10. The maximum Gasteiger partial charge on any atom is 0.177 e. The SMILES string of the molecule is CN=C(C)C(=NC)C(=Nc1ccc(F)c(Br)c1)NO. The van der Waals surface area contributed by atoms with E-state index in [1.54, 1.807) is 21.0 Å². The molecule has 5 nitrogen and oxygen atoms in total. The molecular formula is C12H14BrFN4O. The van der Waals surface area contributed by atoms with Crippen LogP contribution < -0.4 is 5.48 Å². The number of hydrogen-bond acceptors (Lipinski definition) is 4. The summed E-state index contributed by atoms with van der Waals surface area (Å²) in [6, 6.07) is 4.27. The molecule has 0 atom stereocenters. The third kappa shape index (κ3) is 3.93. The van der Waals surface area contributed by atoms with Crippen LogP contribution >= 0.6 is 15.9 Å². The molecule has 0 unspecified atom stereocenters. The Bertz CT molecular complexity index is 555. The molecule has 0 aliphatic rings. The minimum absolute atomic E-state index is 0.143. The smallest absolute Gasteiger partial charge is 0.177 e. The van der Waals surface area contributed by atoms with Crippen LogP contribution in [0.25, 0.3) is 0 Å². The second-order valence-corrected chi connectivity index (χ2v) is 4.41. The predicted octanol–water partition coefficient (Wildman–Crippen LogP) is 2.76. The van der Waals surface area contributed by atoms with Crippen molar-refractivity contribution >= 4 is 38.9 Å². The predicted molar refractivity (Wildman–Crippen MR) is 78.5 cm³/mol. The average Bonchev–Trinajstić information content (AvgIpc) is 2.42. The first kappa shape index (κ1) is 15.5. The van der Waals surface area contributed by atoms with Crippen LogP contribution in [0.5, 0.6) is 0 Å². The molecule has 1 aromatic carbocycles. The number of halogens is 2. The lowest BCUT2D eigenvalue weighted by Crippen LogP contribution is -2.33. The molecule has 0 aliphatic carbocycles. The summed E-state index contributed by atoms with van der Waals surface area (Å²) < 4.78 is 13.4. The van der Waals surface area contributed by atoms with E-state index in [9.17, 15) is 4.39 Å². The molecule has 0 saturated carbocycles. The molecule has 1 rings (SSSR count). The van der Waals surface area contributed by atoms with Crippen LogP contribution in [-0.4, -0.2) is 36.6 Å². The van der Waals surface area contributed by atoms with Crippen molar-refractivity contribution in [3.05, 3.63) is 28.5 Å². The van der Waals surface area contributed by atoms with Crippen LogP contribution in [0, 0.1) is 5.82 Å². The van der Waals surface area contributed by atoms with Crippen molar-refractivity contribution in [2.45, 2.75) is 6.92 Å². The fourth-order valence-electron chi connectivity index (χ4n) is 1.36. The van der Waals surface area contributed by atoms with Gasteiger partial charge in [-0.1, -0.05) is 0 Å². The van der Waals surface area contributed by atoms with E-state index in [4.69, 9.17) is 5.21 Å². The van der Waals surface area contributed by atoms with E-state index in [-0.39, 0.29) is 11.7 Å². The normalized spacial score (nSPS) is 13.7. The molecule has 0 radical (unpaired) electrons. The number of hydroxylamine groups is 1. The summed E-state index contributed by atoms with van der Waals surface area (Å²) in [4.78, 5) is 12.2. The molecule has 19 heavy (non-hydrogen) atoms. The fourth-order valence-corrected chi connectivity index (χ4v) is 1.73. The van der Waals surface area contributed by atoms with Gasteiger partial charge < -0.3 is 0 Å². The Labute approximate surface area is 119 Å². The van der Waals surface area contributed by atoms with E-state index in [1.165, 1.54) is 18.2 Å². The number of nitrogens with zero attached hydrogens (tertiary/aromatic N) is 3. The first-order valence-electron chi connectivity index (χ1n) is 5.38. The monoisotopic (exact) mass is 328 g/mol. The van der Waals surface area contributed by atoms with Crippen molar-refractivity contribution in [3.8, 4) is 0 Å². The van der Waals surface area contributed by atoms with Crippen molar-refractivity contribution in [2.24, 2.45) is 15.0 Å². The number of rotatable bonds is 3. The summed E-state index contributed by atoms with van der Waals surface area (Å²) >= 11 is 3.07. The third-order valence-corrected chi connectivity index (χ3v) is 2.98. The Morgan fingerprint density at radius 3 is 2.47 bits per heavy atom. The molecule has 0 fully saturated rings. The van der Waals surface area contributed by atoms with Gasteiger partial charge in [-0.3, -0.25) is 20.7 Å². The highest BCUT2D eigenvalue weighted by Gasteiger charge is 2.11. The summed E-state index contributed by atoms with van der Waals surface area (Å²) in [5, 5.41) is 9.15. The van der Waals surface area contributed by atoms with E-state index in [2.05, 4.69) is 30.9 Å². The lowest BCUT2D eigenvalue weighted by molar-refractivity contribution is 0.237. The lowest BCUT2D eigenvalue weighted by Gasteiger charge is -2.08. The molecule has 0 aliphatic heterocycles. The molecule has 1 aromatic rings.